The maximum atomic E-state index is 5.86. The molecule has 4 heteroatoms. The maximum Gasteiger partial charge on any atom is 0.0641 e. The fourth-order valence-electron chi connectivity index (χ4n) is 2.65. The zero-order chi connectivity index (χ0) is 13.0. The third-order valence-electron chi connectivity index (χ3n) is 3.63. The van der Waals surface area contributed by atoms with E-state index >= 15 is 0 Å². The van der Waals surface area contributed by atoms with E-state index < -0.39 is 0 Å². The molecule has 0 saturated carbocycles. The number of allylic oxidation sites excluding steroid dienone is 1. The highest BCUT2D eigenvalue weighted by Crippen LogP contribution is 2.21. The zero-order valence-corrected chi connectivity index (χ0v) is 11.4. The second-order valence-electron chi connectivity index (χ2n) is 5.09. The molecule has 1 atom stereocenters. The largest absolute Gasteiger partial charge is 0.329 e. The highest BCUT2D eigenvalue weighted by molar-refractivity contribution is 5.20. The lowest BCUT2D eigenvalue weighted by Crippen LogP contribution is -2.29. The van der Waals surface area contributed by atoms with Crippen LogP contribution >= 0.6 is 0 Å². The molecule has 1 aromatic heterocycles. The highest BCUT2D eigenvalue weighted by Gasteiger charge is 2.14. The van der Waals surface area contributed by atoms with Gasteiger partial charge in [-0.05, 0) is 39.2 Å². The minimum Gasteiger partial charge on any atom is -0.329 e. The molecule has 1 unspecified atom stereocenters. The van der Waals surface area contributed by atoms with Gasteiger partial charge in [-0.1, -0.05) is 11.6 Å². The first-order valence-electron chi connectivity index (χ1n) is 6.82. The maximum absolute atomic E-state index is 5.86. The molecule has 0 amide bonds. The molecule has 0 spiro atoms. The van der Waals surface area contributed by atoms with Gasteiger partial charge in [0.05, 0.1) is 5.69 Å². The molecule has 0 bridgehead atoms. The summed E-state index contributed by atoms with van der Waals surface area (Å²) in [4.78, 5) is 0. The van der Waals surface area contributed by atoms with Gasteiger partial charge in [-0.2, -0.15) is 5.10 Å². The van der Waals surface area contributed by atoms with Gasteiger partial charge in [-0.25, -0.2) is 0 Å². The second kappa shape index (κ2) is 6.16. The molecule has 2 rings (SSSR count). The number of hydrogen-bond acceptors (Lipinski definition) is 3. The second-order valence-corrected chi connectivity index (χ2v) is 5.09. The van der Waals surface area contributed by atoms with Gasteiger partial charge in [0.25, 0.3) is 0 Å². The van der Waals surface area contributed by atoms with Crippen molar-refractivity contribution in [2.75, 3.05) is 13.1 Å². The molecule has 1 aliphatic rings. The topological polar surface area (TPSA) is 55.9 Å². The van der Waals surface area contributed by atoms with Crippen LogP contribution in [0, 0.1) is 6.92 Å². The predicted octanol–water partition coefficient (Wildman–Crippen LogP) is 1.82. The average Bonchev–Trinajstić information content (AvgIpc) is 2.95. The quantitative estimate of drug-likeness (QED) is 0.755. The molecule has 0 radical (unpaired) electrons. The fraction of sp³-hybridized carbons (Fsp3) is 0.643. The number of nitrogens with one attached hydrogen (secondary N) is 1. The van der Waals surface area contributed by atoms with Crippen LogP contribution in [0.25, 0.3) is 0 Å². The summed E-state index contributed by atoms with van der Waals surface area (Å²) in [7, 11) is 1.95. The van der Waals surface area contributed by atoms with Crippen LogP contribution in [0.15, 0.2) is 17.8 Å². The van der Waals surface area contributed by atoms with Crippen LogP contribution < -0.4 is 11.1 Å². The molecular weight excluding hydrogens is 224 g/mol. The van der Waals surface area contributed by atoms with Crippen LogP contribution in [0.5, 0.6) is 0 Å². The summed E-state index contributed by atoms with van der Waals surface area (Å²) in [5.41, 5.74) is 9.75. The number of aromatic nitrogens is 2. The van der Waals surface area contributed by atoms with Crippen LogP contribution in [-0.2, 0) is 7.05 Å². The van der Waals surface area contributed by atoms with Gasteiger partial charge >= 0.3 is 0 Å². The molecule has 3 N–H and O–H groups in total. The molecule has 4 nitrogen and oxygen atoms in total. The van der Waals surface area contributed by atoms with Crippen LogP contribution in [0.2, 0.25) is 0 Å². The fourth-order valence-corrected chi connectivity index (χ4v) is 2.65. The third-order valence-corrected chi connectivity index (χ3v) is 3.63. The lowest BCUT2D eigenvalue weighted by atomic mass is 10.1. The average molecular weight is 248 g/mol. The number of hydrogen-bond donors (Lipinski definition) is 2. The summed E-state index contributed by atoms with van der Waals surface area (Å²) in [6, 6.07) is 0.223. The molecule has 18 heavy (non-hydrogen) atoms. The van der Waals surface area contributed by atoms with E-state index in [1.165, 1.54) is 24.8 Å². The molecule has 1 aromatic rings. The zero-order valence-electron chi connectivity index (χ0n) is 11.4. The Labute approximate surface area is 109 Å². The van der Waals surface area contributed by atoms with E-state index in [0.29, 0.717) is 6.54 Å². The van der Waals surface area contributed by atoms with Crippen molar-refractivity contribution in [3.8, 4) is 0 Å². The highest BCUT2D eigenvalue weighted by atomic mass is 15.3. The summed E-state index contributed by atoms with van der Waals surface area (Å²) in [6.45, 7) is 3.66. The Bertz CT molecular complexity index is 419. The Kier molecular flexibility index (Phi) is 4.55. The van der Waals surface area contributed by atoms with Crippen molar-refractivity contribution in [2.45, 2.75) is 38.6 Å². The first-order valence-corrected chi connectivity index (χ1v) is 6.82. The van der Waals surface area contributed by atoms with E-state index in [9.17, 15) is 0 Å². The Hall–Kier alpha value is -1.13. The smallest absolute Gasteiger partial charge is 0.0641 e. The van der Waals surface area contributed by atoms with E-state index in [-0.39, 0.29) is 6.04 Å². The van der Waals surface area contributed by atoms with Crippen molar-refractivity contribution in [1.82, 2.24) is 15.1 Å². The van der Waals surface area contributed by atoms with Gasteiger partial charge < -0.3 is 11.1 Å². The monoisotopic (exact) mass is 248 g/mol. The predicted molar refractivity (Wildman–Crippen MR) is 74.3 cm³/mol. The molecule has 100 valence electrons. The van der Waals surface area contributed by atoms with Crippen molar-refractivity contribution < 1.29 is 0 Å². The normalized spacial score (nSPS) is 16.9. The van der Waals surface area contributed by atoms with Crippen LogP contribution in [0.3, 0.4) is 0 Å². The van der Waals surface area contributed by atoms with Crippen molar-refractivity contribution in [3.63, 3.8) is 0 Å². The van der Waals surface area contributed by atoms with Crippen LogP contribution in [0.1, 0.15) is 43.0 Å². The van der Waals surface area contributed by atoms with Crippen molar-refractivity contribution in [2.24, 2.45) is 12.8 Å². The Morgan fingerprint density at radius 2 is 2.39 bits per heavy atom. The molecule has 0 fully saturated rings. The summed E-state index contributed by atoms with van der Waals surface area (Å²) < 4.78 is 1.86. The number of nitrogens with zero attached hydrogens (tertiary/aromatic N) is 2. The van der Waals surface area contributed by atoms with Gasteiger partial charge in [0, 0.05) is 31.4 Å². The van der Waals surface area contributed by atoms with Crippen LogP contribution in [-0.4, -0.2) is 22.9 Å². The number of rotatable bonds is 6. The molecule has 0 saturated heterocycles. The van der Waals surface area contributed by atoms with E-state index in [2.05, 4.69) is 22.7 Å². The van der Waals surface area contributed by atoms with Crippen LogP contribution in [0.4, 0.5) is 0 Å². The van der Waals surface area contributed by atoms with Crippen molar-refractivity contribution in [3.05, 3.63) is 29.1 Å². The molecular formula is C14H24N4. The molecule has 1 heterocycles. The Balaban J connectivity index is 1.87. The summed E-state index contributed by atoms with van der Waals surface area (Å²) >= 11 is 0. The van der Waals surface area contributed by atoms with Gasteiger partial charge in [-0.3, -0.25) is 4.68 Å². The molecule has 0 aromatic carbocycles. The van der Waals surface area contributed by atoms with E-state index in [0.717, 1.165) is 18.7 Å². The number of aryl methyl sites for hydroxylation is 2. The Morgan fingerprint density at radius 1 is 1.56 bits per heavy atom. The van der Waals surface area contributed by atoms with Gasteiger partial charge in [-0.15, -0.1) is 0 Å². The first-order chi connectivity index (χ1) is 8.70. The van der Waals surface area contributed by atoms with E-state index in [4.69, 9.17) is 5.73 Å². The number of nitrogens with two attached hydrogens (primary N) is 1. The minimum absolute atomic E-state index is 0.223. The lowest BCUT2D eigenvalue weighted by molar-refractivity contribution is 0.540. The first kappa shape index (κ1) is 13.3. The molecule has 0 aliphatic heterocycles. The summed E-state index contributed by atoms with van der Waals surface area (Å²) in [6.07, 6.45) is 9.47. The standard InChI is InChI=1S/C14H24N4/c1-11-13(10-18(2)17-11)14(9-15)16-8-7-12-5-3-4-6-12/h5,10,14,16H,3-4,6-9,15H2,1-2H3. The van der Waals surface area contributed by atoms with E-state index in [1.807, 2.05) is 18.7 Å². The van der Waals surface area contributed by atoms with Crippen molar-refractivity contribution in [1.29, 1.82) is 0 Å². The van der Waals surface area contributed by atoms with Gasteiger partial charge in [0.15, 0.2) is 0 Å². The third kappa shape index (κ3) is 3.21. The Morgan fingerprint density at radius 3 is 2.94 bits per heavy atom. The summed E-state index contributed by atoms with van der Waals surface area (Å²) in [5.74, 6) is 0. The lowest BCUT2D eigenvalue weighted by Gasteiger charge is -2.16. The van der Waals surface area contributed by atoms with E-state index in [1.54, 1.807) is 5.57 Å². The minimum atomic E-state index is 0.223. The van der Waals surface area contributed by atoms with Gasteiger partial charge in [0.1, 0.15) is 0 Å². The molecule has 1 aliphatic carbocycles. The SMILES string of the molecule is Cc1nn(C)cc1C(CN)NCCC1=CCCC1. The van der Waals surface area contributed by atoms with Gasteiger partial charge in [0.2, 0.25) is 0 Å². The summed E-state index contributed by atoms with van der Waals surface area (Å²) in [5, 5.41) is 7.92. The van der Waals surface area contributed by atoms with Crippen molar-refractivity contribution >= 4 is 0 Å².